The van der Waals surface area contributed by atoms with Crippen LogP contribution in [0.5, 0.6) is 0 Å². The van der Waals surface area contributed by atoms with Crippen molar-refractivity contribution in [2.75, 3.05) is 0 Å². The number of carbonyl (C=O) groups is 1. The molecule has 0 saturated carbocycles. The Hall–Kier alpha value is -2.10. The minimum atomic E-state index is -0.517. The van der Waals surface area contributed by atoms with Gasteiger partial charge in [-0.25, -0.2) is 4.39 Å². The van der Waals surface area contributed by atoms with E-state index in [4.69, 9.17) is 10.2 Å². The molecule has 0 aliphatic rings. The van der Waals surface area contributed by atoms with Crippen LogP contribution in [-0.4, -0.2) is 5.91 Å². The number of hydrogen-bond acceptors (Lipinski definition) is 2. The van der Waals surface area contributed by atoms with Crippen molar-refractivity contribution in [3.8, 4) is 0 Å². The second-order valence-corrected chi connectivity index (χ2v) is 4.54. The Kier molecular flexibility index (Phi) is 3.69. The van der Waals surface area contributed by atoms with Crippen LogP contribution in [0.1, 0.15) is 39.9 Å². The van der Waals surface area contributed by atoms with Gasteiger partial charge in [-0.15, -0.1) is 0 Å². The van der Waals surface area contributed by atoms with Gasteiger partial charge in [0.05, 0.1) is 5.56 Å². The standard InChI is InChI=1S/C15H16FNO2/c1-3-14-12(15(17)18)8-11(19-14)7-10-6-9(2)4-5-13(10)16/h4-6,8H,3,7H2,1-2H3,(H2,17,18). The van der Waals surface area contributed by atoms with Crippen molar-refractivity contribution >= 4 is 5.91 Å². The van der Waals surface area contributed by atoms with E-state index in [0.29, 0.717) is 35.5 Å². The molecular formula is C15H16FNO2. The van der Waals surface area contributed by atoms with E-state index in [2.05, 4.69) is 0 Å². The minimum Gasteiger partial charge on any atom is -0.465 e. The fraction of sp³-hybridized carbons (Fsp3) is 0.267. The van der Waals surface area contributed by atoms with Crippen LogP contribution in [0.2, 0.25) is 0 Å². The predicted octanol–water partition coefficient (Wildman–Crippen LogP) is 2.98. The lowest BCUT2D eigenvalue weighted by Gasteiger charge is -2.02. The van der Waals surface area contributed by atoms with Crippen LogP contribution < -0.4 is 5.73 Å². The zero-order chi connectivity index (χ0) is 14.0. The fourth-order valence-corrected chi connectivity index (χ4v) is 2.07. The molecule has 0 saturated heterocycles. The first kappa shape index (κ1) is 13.3. The molecule has 1 amide bonds. The van der Waals surface area contributed by atoms with Crippen molar-refractivity contribution in [1.82, 2.24) is 0 Å². The Bertz CT molecular complexity index is 617. The molecule has 2 N–H and O–H groups in total. The summed E-state index contributed by atoms with van der Waals surface area (Å²) in [5, 5.41) is 0. The molecule has 0 spiro atoms. The van der Waals surface area contributed by atoms with Gasteiger partial charge in [-0.3, -0.25) is 4.79 Å². The van der Waals surface area contributed by atoms with Crippen LogP contribution in [0, 0.1) is 12.7 Å². The number of furan rings is 1. The van der Waals surface area contributed by atoms with Crippen molar-refractivity contribution in [2.45, 2.75) is 26.7 Å². The topological polar surface area (TPSA) is 56.2 Å². The zero-order valence-corrected chi connectivity index (χ0v) is 11.0. The summed E-state index contributed by atoms with van der Waals surface area (Å²) in [6.07, 6.45) is 0.891. The summed E-state index contributed by atoms with van der Waals surface area (Å²) in [6, 6.07) is 6.52. The molecule has 0 aliphatic carbocycles. The molecular weight excluding hydrogens is 245 g/mol. The highest BCUT2D eigenvalue weighted by Crippen LogP contribution is 2.21. The van der Waals surface area contributed by atoms with Gasteiger partial charge in [-0.05, 0) is 24.6 Å². The third-order valence-electron chi connectivity index (χ3n) is 3.01. The van der Waals surface area contributed by atoms with Crippen molar-refractivity contribution in [3.63, 3.8) is 0 Å². The van der Waals surface area contributed by atoms with Crippen LogP contribution in [0.4, 0.5) is 4.39 Å². The van der Waals surface area contributed by atoms with E-state index in [9.17, 15) is 9.18 Å². The lowest BCUT2D eigenvalue weighted by Crippen LogP contribution is -2.11. The maximum absolute atomic E-state index is 13.7. The van der Waals surface area contributed by atoms with Crippen LogP contribution in [0.15, 0.2) is 28.7 Å². The van der Waals surface area contributed by atoms with E-state index in [1.54, 1.807) is 18.2 Å². The molecule has 1 aromatic carbocycles. The fourth-order valence-electron chi connectivity index (χ4n) is 2.07. The Balaban J connectivity index is 2.33. The molecule has 0 bridgehead atoms. The third kappa shape index (κ3) is 2.84. The summed E-state index contributed by atoms with van der Waals surface area (Å²) in [6.45, 7) is 3.78. The summed E-state index contributed by atoms with van der Waals surface area (Å²) >= 11 is 0. The number of aryl methyl sites for hydroxylation is 2. The molecule has 100 valence electrons. The maximum atomic E-state index is 13.7. The highest BCUT2D eigenvalue weighted by molar-refractivity contribution is 5.94. The SMILES string of the molecule is CCc1oc(Cc2cc(C)ccc2F)cc1C(N)=O. The Labute approximate surface area is 111 Å². The smallest absolute Gasteiger partial charge is 0.252 e. The Morgan fingerprint density at radius 3 is 2.68 bits per heavy atom. The normalized spacial score (nSPS) is 10.7. The number of primary amides is 1. The van der Waals surface area contributed by atoms with Crippen LogP contribution in [-0.2, 0) is 12.8 Å². The summed E-state index contributed by atoms with van der Waals surface area (Å²) < 4.78 is 19.2. The van der Waals surface area contributed by atoms with Crippen molar-refractivity contribution < 1.29 is 13.6 Å². The van der Waals surface area contributed by atoms with Gasteiger partial charge in [0.15, 0.2) is 0 Å². The first-order valence-electron chi connectivity index (χ1n) is 6.17. The zero-order valence-electron chi connectivity index (χ0n) is 11.0. The lowest BCUT2D eigenvalue weighted by atomic mass is 10.1. The number of rotatable bonds is 4. The molecule has 0 aliphatic heterocycles. The average molecular weight is 261 g/mol. The number of hydrogen-bond donors (Lipinski definition) is 1. The molecule has 1 heterocycles. The van der Waals surface area contributed by atoms with Gasteiger partial charge < -0.3 is 10.2 Å². The highest BCUT2D eigenvalue weighted by Gasteiger charge is 2.15. The van der Waals surface area contributed by atoms with Gasteiger partial charge in [-0.1, -0.05) is 24.6 Å². The third-order valence-corrected chi connectivity index (χ3v) is 3.01. The second kappa shape index (κ2) is 5.26. The predicted molar refractivity (Wildman–Crippen MR) is 70.5 cm³/mol. The van der Waals surface area contributed by atoms with Gasteiger partial charge in [-0.2, -0.15) is 0 Å². The van der Waals surface area contributed by atoms with E-state index >= 15 is 0 Å². The van der Waals surface area contributed by atoms with E-state index in [-0.39, 0.29) is 5.82 Å². The highest BCUT2D eigenvalue weighted by atomic mass is 19.1. The van der Waals surface area contributed by atoms with E-state index < -0.39 is 5.91 Å². The molecule has 2 aromatic rings. The molecule has 19 heavy (non-hydrogen) atoms. The van der Waals surface area contributed by atoms with Crippen molar-refractivity contribution in [3.05, 3.63) is 58.3 Å². The molecule has 0 unspecified atom stereocenters. The van der Waals surface area contributed by atoms with E-state index in [0.717, 1.165) is 5.56 Å². The number of benzene rings is 1. The van der Waals surface area contributed by atoms with Gasteiger partial charge in [0, 0.05) is 12.8 Å². The minimum absolute atomic E-state index is 0.277. The maximum Gasteiger partial charge on any atom is 0.252 e. The number of amides is 1. The Morgan fingerprint density at radius 2 is 2.11 bits per heavy atom. The molecule has 3 nitrogen and oxygen atoms in total. The first-order valence-corrected chi connectivity index (χ1v) is 6.17. The van der Waals surface area contributed by atoms with Gasteiger partial charge in [0.25, 0.3) is 5.91 Å². The van der Waals surface area contributed by atoms with E-state index in [1.807, 2.05) is 13.8 Å². The summed E-state index contributed by atoms with van der Waals surface area (Å²) in [4.78, 5) is 11.3. The Morgan fingerprint density at radius 1 is 1.37 bits per heavy atom. The van der Waals surface area contributed by atoms with Crippen LogP contribution in [0.3, 0.4) is 0 Å². The van der Waals surface area contributed by atoms with Gasteiger partial charge >= 0.3 is 0 Å². The quantitative estimate of drug-likeness (QED) is 0.919. The second-order valence-electron chi connectivity index (χ2n) is 4.54. The molecule has 0 radical (unpaired) electrons. The molecule has 1 aromatic heterocycles. The summed E-state index contributed by atoms with van der Waals surface area (Å²) in [5.74, 6) is 0.308. The molecule has 0 fully saturated rings. The summed E-state index contributed by atoms with van der Waals surface area (Å²) in [7, 11) is 0. The van der Waals surface area contributed by atoms with E-state index in [1.165, 1.54) is 6.07 Å². The first-order chi connectivity index (χ1) is 9.01. The molecule has 0 atom stereocenters. The summed E-state index contributed by atoms with van der Waals surface area (Å²) in [5.41, 5.74) is 7.19. The number of carbonyl (C=O) groups excluding carboxylic acids is 1. The van der Waals surface area contributed by atoms with Gasteiger partial charge in [0.2, 0.25) is 0 Å². The molecule has 4 heteroatoms. The van der Waals surface area contributed by atoms with Gasteiger partial charge in [0.1, 0.15) is 17.3 Å². The number of halogens is 1. The molecule has 2 rings (SSSR count). The number of nitrogens with two attached hydrogens (primary N) is 1. The van der Waals surface area contributed by atoms with Crippen molar-refractivity contribution in [1.29, 1.82) is 0 Å². The lowest BCUT2D eigenvalue weighted by molar-refractivity contribution is 0.0998. The van der Waals surface area contributed by atoms with Crippen molar-refractivity contribution in [2.24, 2.45) is 5.73 Å². The van der Waals surface area contributed by atoms with Crippen LogP contribution >= 0.6 is 0 Å². The average Bonchev–Trinajstić information content (AvgIpc) is 2.77. The van der Waals surface area contributed by atoms with Crippen LogP contribution in [0.25, 0.3) is 0 Å². The monoisotopic (exact) mass is 261 g/mol. The largest absolute Gasteiger partial charge is 0.465 e.